The van der Waals surface area contributed by atoms with Crippen molar-refractivity contribution in [3.05, 3.63) is 76.8 Å². The number of halogens is 4. The molecule has 34 heavy (non-hydrogen) atoms. The van der Waals surface area contributed by atoms with E-state index >= 15 is 0 Å². The molecule has 7 nitrogen and oxygen atoms in total. The van der Waals surface area contributed by atoms with E-state index in [4.69, 9.17) is 11.6 Å². The zero-order chi connectivity index (χ0) is 24.6. The van der Waals surface area contributed by atoms with Crippen molar-refractivity contribution in [1.29, 1.82) is 0 Å². The lowest BCUT2D eigenvalue weighted by Crippen LogP contribution is -2.09. The first-order valence-corrected chi connectivity index (χ1v) is 9.93. The molecular weight excluding hydrogens is 475 g/mol. The summed E-state index contributed by atoms with van der Waals surface area (Å²) in [4.78, 5) is 27.7. The number of hydrogen-bond donors (Lipinski definition) is 2. The van der Waals surface area contributed by atoms with Crippen LogP contribution in [0.4, 0.5) is 13.2 Å². The lowest BCUT2D eigenvalue weighted by Gasteiger charge is -2.11. The van der Waals surface area contributed by atoms with Crippen LogP contribution in [0.25, 0.3) is 28.5 Å². The number of alkyl halides is 3. The van der Waals surface area contributed by atoms with Crippen LogP contribution in [-0.2, 0) is 11.0 Å². The standard InChI is InChI=1S/C23H13ClF3N3O4/c24-13-6-8-14(20(34)11-31)17(10-13)30-22(16-3-1-2-4-18(16)32)28-21(29-30)15-7-5-12(9-19(15)33)23(25,26)27/h1-11,32-33H. The molecule has 0 radical (unpaired) electrons. The minimum Gasteiger partial charge on any atom is -0.507 e. The number of carbonyl (C=O) groups excluding carboxylic acids is 2. The smallest absolute Gasteiger partial charge is 0.416 e. The molecule has 0 amide bonds. The molecule has 0 aliphatic heterocycles. The van der Waals surface area contributed by atoms with Crippen molar-refractivity contribution >= 4 is 23.7 Å². The summed E-state index contributed by atoms with van der Waals surface area (Å²) in [6.07, 6.45) is -4.57. The van der Waals surface area contributed by atoms with Crippen LogP contribution in [0.1, 0.15) is 15.9 Å². The number of aromatic nitrogens is 3. The Morgan fingerprint density at radius 3 is 2.35 bits per heavy atom. The van der Waals surface area contributed by atoms with Gasteiger partial charge in [0.15, 0.2) is 17.9 Å². The molecule has 0 fully saturated rings. The molecule has 172 valence electrons. The third-order valence-electron chi connectivity index (χ3n) is 4.88. The molecule has 0 unspecified atom stereocenters. The van der Waals surface area contributed by atoms with Crippen LogP contribution in [-0.4, -0.2) is 37.0 Å². The molecule has 1 heterocycles. The number of carbonyl (C=O) groups is 2. The number of phenolic OH excluding ortho intramolecular Hbond substituents is 2. The third kappa shape index (κ3) is 4.23. The first-order chi connectivity index (χ1) is 16.1. The summed E-state index contributed by atoms with van der Waals surface area (Å²) in [6, 6.07) is 12.4. The second-order valence-corrected chi connectivity index (χ2v) is 7.50. The van der Waals surface area contributed by atoms with Gasteiger partial charge in [-0.2, -0.15) is 13.2 Å². The first-order valence-electron chi connectivity index (χ1n) is 9.55. The monoisotopic (exact) mass is 487 g/mol. The molecule has 2 N–H and O–H groups in total. The lowest BCUT2D eigenvalue weighted by atomic mass is 10.1. The van der Waals surface area contributed by atoms with Crippen molar-refractivity contribution in [3.63, 3.8) is 0 Å². The molecule has 0 bridgehead atoms. The van der Waals surface area contributed by atoms with E-state index in [0.717, 1.165) is 16.8 Å². The fourth-order valence-electron chi connectivity index (χ4n) is 3.28. The topological polar surface area (TPSA) is 105 Å². The molecule has 11 heteroatoms. The van der Waals surface area contributed by atoms with E-state index in [1.54, 1.807) is 12.1 Å². The van der Waals surface area contributed by atoms with Crippen LogP contribution in [0.5, 0.6) is 11.5 Å². The van der Waals surface area contributed by atoms with Crippen LogP contribution < -0.4 is 0 Å². The van der Waals surface area contributed by atoms with Crippen molar-refractivity contribution in [1.82, 2.24) is 14.8 Å². The molecule has 4 aromatic rings. The Morgan fingerprint density at radius 1 is 0.971 bits per heavy atom. The van der Waals surface area contributed by atoms with Gasteiger partial charge in [-0.15, -0.1) is 5.10 Å². The SMILES string of the molecule is O=CC(=O)c1ccc(Cl)cc1-n1nc(-c2ccc(C(F)(F)F)cc2O)nc1-c1ccccc1O. The van der Waals surface area contributed by atoms with Gasteiger partial charge in [0.25, 0.3) is 0 Å². The maximum atomic E-state index is 13.0. The molecule has 0 atom stereocenters. The van der Waals surface area contributed by atoms with E-state index in [9.17, 15) is 33.0 Å². The van der Waals surface area contributed by atoms with E-state index in [1.165, 1.54) is 30.3 Å². The summed E-state index contributed by atoms with van der Waals surface area (Å²) in [6.45, 7) is 0. The molecule has 0 spiro atoms. The Labute approximate surface area is 194 Å². The summed E-state index contributed by atoms with van der Waals surface area (Å²) in [5.74, 6) is -2.04. The number of rotatable bonds is 5. The van der Waals surface area contributed by atoms with Gasteiger partial charge in [-0.05, 0) is 48.5 Å². The fourth-order valence-corrected chi connectivity index (χ4v) is 3.45. The summed E-state index contributed by atoms with van der Waals surface area (Å²) in [5.41, 5.74) is -1.08. The van der Waals surface area contributed by atoms with Gasteiger partial charge >= 0.3 is 6.18 Å². The van der Waals surface area contributed by atoms with Gasteiger partial charge in [-0.3, -0.25) is 9.59 Å². The average Bonchev–Trinajstić information content (AvgIpc) is 3.23. The molecule has 1 aromatic heterocycles. The quantitative estimate of drug-likeness (QED) is 0.231. The van der Waals surface area contributed by atoms with Crippen LogP contribution in [0, 0.1) is 0 Å². The minimum atomic E-state index is -4.67. The molecule has 0 aliphatic carbocycles. The second-order valence-electron chi connectivity index (χ2n) is 7.06. The largest absolute Gasteiger partial charge is 0.507 e. The highest BCUT2D eigenvalue weighted by atomic mass is 35.5. The summed E-state index contributed by atoms with van der Waals surface area (Å²) in [7, 11) is 0. The maximum absolute atomic E-state index is 13.0. The number of para-hydroxylation sites is 1. The number of hydrogen-bond acceptors (Lipinski definition) is 6. The third-order valence-corrected chi connectivity index (χ3v) is 5.11. The summed E-state index contributed by atoms with van der Waals surface area (Å²) >= 11 is 6.10. The zero-order valence-electron chi connectivity index (χ0n) is 16.9. The predicted molar refractivity (Wildman–Crippen MR) is 116 cm³/mol. The van der Waals surface area contributed by atoms with Gasteiger partial charge in [0, 0.05) is 5.02 Å². The van der Waals surface area contributed by atoms with E-state index in [-0.39, 0.29) is 51.1 Å². The molecule has 0 aliphatic rings. The predicted octanol–water partition coefficient (Wildman–Crippen LogP) is 5.07. The van der Waals surface area contributed by atoms with Gasteiger partial charge < -0.3 is 10.2 Å². The van der Waals surface area contributed by atoms with E-state index in [1.807, 2.05) is 0 Å². The number of aldehydes is 1. The van der Waals surface area contributed by atoms with Crippen molar-refractivity contribution in [2.75, 3.05) is 0 Å². The van der Waals surface area contributed by atoms with Crippen molar-refractivity contribution in [3.8, 4) is 40.0 Å². The molecule has 3 aromatic carbocycles. The van der Waals surface area contributed by atoms with Crippen molar-refractivity contribution in [2.24, 2.45) is 0 Å². The van der Waals surface area contributed by atoms with Gasteiger partial charge in [0.2, 0.25) is 5.78 Å². The average molecular weight is 488 g/mol. The maximum Gasteiger partial charge on any atom is 0.416 e. The van der Waals surface area contributed by atoms with Crippen LogP contribution in [0.15, 0.2) is 60.7 Å². The fraction of sp³-hybridized carbons (Fsp3) is 0.0435. The van der Waals surface area contributed by atoms with Gasteiger partial charge in [0.05, 0.1) is 27.9 Å². The molecule has 0 saturated carbocycles. The number of ketones is 1. The molecule has 0 saturated heterocycles. The highest BCUT2D eigenvalue weighted by molar-refractivity contribution is 6.35. The normalized spacial score (nSPS) is 11.4. The number of aromatic hydroxyl groups is 2. The van der Waals surface area contributed by atoms with Gasteiger partial charge in [0.1, 0.15) is 11.5 Å². The van der Waals surface area contributed by atoms with E-state index < -0.39 is 23.3 Å². The van der Waals surface area contributed by atoms with Crippen LogP contribution in [0.2, 0.25) is 5.02 Å². The number of benzene rings is 3. The van der Waals surface area contributed by atoms with E-state index in [0.29, 0.717) is 6.07 Å². The molecular formula is C23H13ClF3N3O4. The number of Topliss-reactive ketones (excluding diaryl/α,β-unsaturated/α-hetero) is 1. The van der Waals surface area contributed by atoms with Gasteiger partial charge in [-0.1, -0.05) is 23.7 Å². The molecule has 4 rings (SSSR count). The van der Waals surface area contributed by atoms with Crippen LogP contribution in [0.3, 0.4) is 0 Å². The first kappa shape index (κ1) is 23.0. The second kappa shape index (κ2) is 8.64. The highest BCUT2D eigenvalue weighted by Gasteiger charge is 2.32. The van der Waals surface area contributed by atoms with Gasteiger partial charge in [-0.25, -0.2) is 9.67 Å². The number of phenols is 2. The Bertz CT molecular complexity index is 1430. The minimum absolute atomic E-state index is 0.0189. The van der Waals surface area contributed by atoms with Crippen molar-refractivity contribution in [2.45, 2.75) is 6.18 Å². The zero-order valence-corrected chi connectivity index (χ0v) is 17.7. The Hall–Kier alpha value is -4.18. The highest BCUT2D eigenvalue weighted by Crippen LogP contribution is 2.38. The van der Waals surface area contributed by atoms with Crippen molar-refractivity contribution < 1.29 is 33.0 Å². The Morgan fingerprint density at radius 2 is 1.71 bits per heavy atom. The lowest BCUT2D eigenvalue weighted by molar-refractivity contribution is -0.137. The Kier molecular flexibility index (Phi) is 5.84. The number of nitrogens with zero attached hydrogens (tertiary/aromatic N) is 3. The summed E-state index contributed by atoms with van der Waals surface area (Å²) in [5, 5.41) is 25.1. The van der Waals surface area contributed by atoms with Crippen LogP contribution >= 0.6 is 11.6 Å². The summed E-state index contributed by atoms with van der Waals surface area (Å²) < 4.78 is 40.1. The van der Waals surface area contributed by atoms with E-state index in [2.05, 4.69) is 10.1 Å². The Balaban J connectivity index is 1.99.